The van der Waals surface area contributed by atoms with Crippen molar-refractivity contribution in [2.75, 3.05) is 223 Å². The first-order valence-electron chi connectivity index (χ1n) is 38.5. The summed E-state index contributed by atoms with van der Waals surface area (Å²) in [6.07, 6.45) is 3.87. The van der Waals surface area contributed by atoms with Crippen LogP contribution in [0.2, 0.25) is 0 Å². The summed E-state index contributed by atoms with van der Waals surface area (Å²) in [5, 5.41) is 28.4. The molecule has 2 unspecified atom stereocenters. The van der Waals surface area contributed by atoms with E-state index in [2.05, 4.69) is 4.90 Å². The van der Waals surface area contributed by atoms with Crippen LogP contribution in [0.3, 0.4) is 0 Å². The summed E-state index contributed by atoms with van der Waals surface area (Å²) in [5.41, 5.74) is 0.244. The minimum absolute atomic E-state index is 0.0425. The molecule has 0 bridgehead atoms. The molecule has 0 aromatic heterocycles. The molecule has 2 aromatic carbocycles. The molecule has 30 heteroatoms. The van der Waals surface area contributed by atoms with Gasteiger partial charge in [0, 0.05) is 118 Å². The van der Waals surface area contributed by atoms with Crippen LogP contribution in [0.15, 0.2) is 48.5 Å². The molecule has 108 heavy (non-hydrogen) atoms. The Morgan fingerprint density at radius 1 is 0.343 bits per heavy atom. The Balaban J connectivity index is 0.000000574. The molecule has 2 atom stereocenters. The Bertz CT molecular complexity index is 2800. The lowest BCUT2D eigenvalue weighted by molar-refractivity contribution is -0.159. The number of ether oxygens (including phenoxy) is 11. The number of hydrogen-bond acceptors (Lipinski definition) is 27. The third-order valence-electron chi connectivity index (χ3n) is 17.0. The highest BCUT2D eigenvalue weighted by Gasteiger charge is 2.33. The van der Waals surface area contributed by atoms with E-state index >= 15 is 0 Å². The number of esters is 5. The predicted molar refractivity (Wildman–Crippen MR) is 407 cm³/mol. The predicted octanol–water partition coefficient (Wildman–Crippen LogP) is 5.47. The quantitative estimate of drug-likeness (QED) is 0.0421. The maximum absolute atomic E-state index is 13.8. The van der Waals surface area contributed by atoms with Crippen molar-refractivity contribution in [3.8, 4) is 11.5 Å². The van der Waals surface area contributed by atoms with E-state index < -0.39 is 46.8 Å². The van der Waals surface area contributed by atoms with Crippen LogP contribution in [0.5, 0.6) is 11.5 Å². The average molecular weight is 1530 g/mol. The van der Waals surface area contributed by atoms with Gasteiger partial charge in [-0.3, -0.25) is 77.6 Å². The van der Waals surface area contributed by atoms with E-state index in [-0.39, 0.29) is 82.3 Å². The topological polar surface area (TPSA) is 325 Å². The maximum Gasteiger partial charge on any atom is 0.323 e. The van der Waals surface area contributed by atoms with E-state index in [1.165, 1.54) is 0 Å². The number of nitrogens with zero attached hydrogens (tertiary/aromatic N) is 8. The first-order valence-corrected chi connectivity index (χ1v) is 38.5. The van der Waals surface area contributed by atoms with E-state index in [1.54, 1.807) is 28.5 Å². The van der Waals surface area contributed by atoms with Crippen LogP contribution in [-0.2, 0) is 93.8 Å². The molecule has 30 nitrogen and oxygen atoms in total. The fourth-order valence-electron chi connectivity index (χ4n) is 12.0. The van der Waals surface area contributed by atoms with Crippen LogP contribution in [0.25, 0.3) is 0 Å². The first kappa shape index (κ1) is 95.5. The zero-order chi connectivity index (χ0) is 79.9. The fraction of sp³-hybridized carbons (Fsp3) is 0.744. The molecule has 0 spiro atoms. The number of benzene rings is 2. The van der Waals surface area contributed by atoms with Gasteiger partial charge in [0.15, 0.2) is 0 Å². The van der Waals surface area contributed by atoms with Gasteiger partial charge in [-0.2, -0.15) is 0 Å². The van der Waals surface area contributed by atoms with Crippen LogP contribution in [0.4, 0.5) is 0 Å². The molecule has 2 saturated heterocycles. The summed E-state index contributed by atoms with van der Waals surface area (Å²) in [4.78, 5) is 116. The van der Waals surface area contributed by atoms with Crippen LogP contribution < -0.4 is 9.47 Å². The molecule has 2 heterocycles. The van der Waals surface area contributed by atoms with Crippen LogP contribution in [0.1, 0.15) is 127 Å². The van der Waals surface area contributed by atoms with Gasteiger partial charge in [0.2, 0.25) is 0 Å². The van der Waals surface area contributed by atoms with Gasteiger partial charge < -0.3 is 67.4 Å². The Kier molecular flexibility index (Phi) is 47.1. The second-order valence-electron chi connectivity index (χ2n) is 29.6. The molecule has 616 valence electrons. The lowest BCUT2D eigenvalue weighted by Crippen LogP contribution is -2.52. The van der Waals surface area contributed by atoms with Gasteiger partial charge >= 0.3 is 47.8 Å². The van der Waals surface area contributed by atoms with Gasteiger partial charge in [-0.05, 0) is 164 Å². The van der Waals surface area contributed by atoms with E-state index in [1.807, 2.05) is 144 Å². The van der Waals surface area contributed by atoms with Gasteiger partial charge in [-0.15, -0.1) is 0 Å². The van der Waals surface area contributed by atoms with Crippen molar-refractivity contribution < 1.29 is 106 Å². The molecule has 2 aromatic rings. The summed E-state index contributed by atoms with van der Waals surface area (Å²) >= 11 is 0. The van der Waals surface area contributed by atoms with Gasteiger partial charge in [0.05, 0.1) is 92.1 Å². The number of carbonyl (C=O) groups excluding carboxylic acids is 5. The second-order valence-corrected chi connectivity index (χ2v) is 29.6. The van der Waals surface area contributed by atoms with Gasteiger partial charge in [0.25, 0.3) is 0 Å². The van der Waals surface area contributed by atoms with Crippen LogP contribution >= 0.6 is 0 Å². The molecular formula is C78H132N8O22. The molecule has 0 radical (unpaired) electrons. The number of hydrogen-bond donors (Lipinski definition) is 3. The first-order chi connectivity index (χ1) is 51.3. The van der Waals surface area contributed by atoms with Crippen molar-refractivity contribution >= 4 is 47.8 Å². The lowest BCUT2D eigenvalue weighted by atomic mass is 10.0. The van der Waals surface area contributed by atoms with E-state index in [0.29, 0.717) is 196 Å². The molecule has 4 rings (SSSR count). The summed E-state index contributed by atoms with van der Waals surface area (Å²) in [6.45, 7) is 35.3. The molecule has 0 aliphatic carbocycles. The third kappa shape index (κ3) is 46.1. The Labute approximate surface area is 642 Å². The third-order valence-corrected chi connectivity index (χ3v) is 17.0. The molecule has 2 aliphatic rings. The minimum atomic E-state index is -1.01. The Morgan fingerprint density at radius 3 is 0.843 bits per heavy atom. The van der Waals surface area contributed by atoms with Crippen molar-refractivity contribution in [2.45, 2.75) is 157 Å². The number of carbonyl (C=O) groups is 8. The van der Waals surface area contributed by atoms with E-state index in [4.69, 9.17) is 52.1 Å². The average Bonchev–Trinajstić information content (AvgIpc) is 0.864. The highest BCUT2D eigenvalue weighted by molar-refractivity contribution is 5.77. The standard InChI is InChI=1S/C45H78N4O11.C33H54N4O11/c1-12-54-29-30-55-31-32-57-37-19-17-36(18-20-37)15-14-16-38(42(53)56-13-2)49-27-25-47(34-40(51)59-44(6,7)8)23-21-46(33-39(50)58-43(3,4)5)22-24-48(26-28-49)35-41(52)60-45(9,10)11;1-3-45-20-21-46-22-23-48-28-10-8-27(9-11-28)6-5-7-29(33(44)47-4-2)37-18-16-35(25-31(40)41)14-12-34(24-30(38)39)13-15-36(17-19-37)26-32(42)43/h17-20,38H,12-16,21-35H2,1-11H3;8-11,29H,3-7,12-26H2,1-2H3,(H,38,39)(H,40,41)(H,42,43). The van der Waals surface area contributed by atoms with Gasteiger partial charge in [-0.25, -0.2) is 0 Å². The van der Waals surface area contributed by atoms with Crippen LogP contribution in [0, 0.1) is 0 Å². The van der Waals surface area contributed by atoms with Gasteiger partial charge in [0.1, 0.15) is 53.6 Å². The van der Waals surface area contributed by atoms with E-state index in [9.17, 15) is 53.7 Å². The SMILES string of the molecule is CCOCCOCCOc1ccc(CCCC(C(=O)OCC)N2CCN(CC(=O)O)CCN(CC(=O)O)CCN(CC(=O)O)CC2)cc1.CCOCCOCCOc1ccc(CCCC(C(=O)OCC)N2CCN(CC(=O)OC(C)(C)C)CCN(CC(=O)OC(C)(C)C)CCN(CC(=O)OC(C)(C)C)CC2)cc1. The number of rotatable bonds is 42. The number of carboxylic acids is 3. The maximum atomic E-state index is 13.8. The Hall–Kier alpha value is -6.68. The van der Waals surface area contributed by atoms with Crippen molar-refractivity contribution in [2.24, 2.45) is 0 Å². The zero-order valence-corrected chi connectivity index (χ0v) is 67.2. The normalized spacial score (nSPS) is 16.7. The zero-order valence-electron chi connectivity index (χ0n) is 67.2. The number of aryl methyl sites for hydroxylation is 2. The molecule has 0 saturated carbocycles. The molecule has 2 aliphatic heterocycles. The highest BCUT2D eigenvalue weighted by Crippen LogP contribution is 2.21. The summed E-state index contributed by atoms with van der Waals surface area (Å²) < 4.78 is 61.3. The number of carboxylic acid groups (broad SMARTS) is 3. The summed E-state index contributed by atoms with van der Waals surface area (Å²) in [6, 6.07) is 14.6. The Morgan fingerprint density at radius 2 is 0.593 bits per heavy atom. The molecule has 2 fully saturated rings. The minimum Gasteiger partial charge on any atom is -0.491 e. The highest BCUT2D eigenvalue weighted by atomic mass is 16.6. The largest absolute Gasteiger partial charge is 0.491 e. The summed E-state index contributed by atoms with van der Waals surface area (Å²) in [5.74, 6) is -3.27. The molecular weight excluding hydrogens is 1400 g/mol. The summed E-state index contributed by atoms with van der Waals surface area (Å²) in [7, 11) is 0. The van der Waals surface area contributed by atoms with Crippen LogP contribution in [-0.4, -0.2) is 354 Å². The molecule has 3 N–H and O–H groups in total. The van der Waals surface area contributed by atoms with E-state index in [0.717, 1.165) is 35.5 Å². The van der Waals surface area contributed by atoms with Gasteiger partial charge in [-0.1, -0.05) is 24.3 Å². The number of aliphatic carboxylic acids is 3. The van der Waals surface area contributed by atoms with Crippen molar-refractivity contribution in [1.29, 1.82) is 0 Å². The molecule has 0 amide bonds. The smallest absolute Gasteiger partial charge is 0.323 e. The van der Waals surface area contributed by atoms with Crippen molar-refractivity contribution in [1.82, 2.24) is 39.2 Å². The van der Waals surface area contributed by atoms with Crippen molar-refractivity contribution in [3.63, 3.8) is 0 Å². The lowest BCUT2D eigenvalue weighted by Gasteiger charge is -2.36. The fourth-order valence-corrected chi connectivity index (χ4v) is 12.0. The van der Waals surface area contributed by atoms with Crippen molar-refractivity contribution in [3.05, 3.63) is 59.7 Å². The monoisotopic (exact) mass is 1530 g/mol. The second kappa shape index (κ2) is 53.3.